The maximum atomic E-state index is 5.65. The van der Waals surface area contributed by atoms with E-state index in [-0.39, 0.29) is 11.7 Å². The van der Waals surface area contributed by atoms with Crippen molar-refractivity contribution in [2.75, 3.05) is 19.1 Å². The summed E-state index contributed by atoms with van der Waals surface area (Å²) in [5.74, 6) is 0.534. The first-order valence-electron chi connectivity index (χ1n) is 4.50. The van der Waals surface area contributed by atoms with Crippen molar-refractivity contribution in [3.63, 3.8) is 0 Å². The number of hydrogen-bond acceptors (Lipinski definition) is 2. The molecule has 76 valence electrons. The van der Waals surface area contributed by atoms with E-state index < -0.39 is 0 Å². The second kappa shape index (κ2) is 4.45. The maximum absolute atomic E-state index is 5.65. The molecular formula is C10H17ClO2. The highest BCUT2D eigenvalue weighted by Crippen LogP contribution is 2.23. The molecule has 1 heterocycles. The number of halogens is 1. The van der Waals surface area contributed by atoms with E-state index in [1.807, 2.05) is 13.0 Å². The highest BCUT2D eigenvalue weighted by atomic mass is 35.5. The fourth-order valence-electron chi connectivity index (χ4n) is 1.08. The van der Waals surface area contributed by atoms with Gasteiger partial charge in [-0.25, -0.2) is 0 Å². The molecule has 0 saturated carbocycles. The molecule has 0 spiro atoms. The first kappa shape index (κ1) is 11.0. The Morgan fingerprint density at radius 3 is 2.46 bits per heavy atom. The van der Waals surface area contributed by atoms with Crippen LogP contribution in [0.1, 0.15) is 20.8 Å². The topological polar surface area (TPSA) is 18.5 Å². The normalized spacial score (nSPS) is 24.8. The third-order valence-electron chi connectivity index (χ3n) is 1.91. The van der Waals surface area contributed by atoms with Crippen molar-refractivity contribution in [3.05, 3.63) is 11.6 Å². The highest BCUT2D eigenvalue weighted by Gasteiger charge is 2.26. The van der Waals surface area contributed by atoms with E-state index in [2.05, 4.69) is 13.8 Å². The molecule has 2 nitrogen and oxygen atoms in total. The molecule has 1 rings (SSSR count). The summed E-state index contributed by atoms with van der Waals surface area (Å²) in [6, 6.07) is 0. The van der Waals surface area contributed by atoms with Gasteiger partial charge in [-0.2, -0.15) is 0 Å². The molecular weight excluding hydrogens is 188 g/mol. The molecule has 1 fully saturated rings. The third-order valence-corrected chi connectivity index (χ3v) is 2.33. The van der Waals surface area contributed by atoms with E-state index >= 15 is 0 Å². The van der Waals surface area contributed by atoms with Crippen LogP contribution in [0.5, 0.6) is 0 Å². The zero-order chi connectivity index (χ0) is 9.90. The predicted octanol–water partition coefficient (Wildman–Crippen LogP) is 2.57. The molecule has 0 atom stereocenters. The molecule has 0 bridgehead atoms. The van der Waals surface area contributed by atoms with Crippen LogP contribution in [0.3, 0.4) is 0 Å². The van der Waals surface area contributed by atoms with Crippen LogP contribution >= 0.6 is 11.6 Å². The van der Waals surface area contributed by atoms with Crippen LogP contribution in [0.2, 0.25) is 0 Å². The standard InChI is InChI=1S/C10H17ClO2/c1-8(5-11)4-9-12-6-10(2,3)7-13-9/h4,9H,5-7H2,1-3H3. The molecule has 3 heteroatoms. The van der Waals surface area contributed by atoms with Crippen LogP contribution in [-0.2, 0) is 9.47 Å². The van der Waals surface area contributed by atoms with Gasteiger partial charge in [-0.3, -0.25) is 0 Å². The number of allylic oxidation sites excluding steroid dienone is 1. The van der Waals surface area contributed by atoms with Gasteiger partial charge >= 0.3 is 0 Å². The van der Waals surface area contributed by atoms with Gasteiger partial charge in [-0.1, -0.05) is 19.4 Å². The lowest BCUT2D eigenvalue weighted by Gasteiger charge is -2.33. The van der Waals surface area contributed by atoms with E-state index in [0.717, 1.165) is 18.8 Å². The average Bonchev–Trinajstić information content (AvgIpc) is 2.08. The Kier molecular flexibility index (Phi) is 3.77. The van der Waals surface area contributed by atoms with Crippen LogP contribution in [-0.4, -0.2) is 25.4 Å². The Morgan fingerprint density at radius 2 is 2.00 bits per heavy atom. The minimum Gasteiger partial charge on any atom is -0.348 e. The van der Waals surface area contributed by atoms with Gasteiger partial charge in [0.25, 0.3) is 0 Å². The third kappa shape index (κ3) is 3.67. The second-order valence-electron chi connectivity index (χ2n) is 4.30. The van der Waals surface area contributed by atoms with Crippen LogP contribution in [0, 0.1) is 5.41 Å². The summed E-state index contributed by atoms with van der Waals surface area (Å²) in [6.45, 7) is 7.70. The average molecular weight is 205 g/mol. The Hall–Kier alpha value is -0.0500. The van der Waals surface area contributed by atoms with Crippen LogP contribution < -0.4 is 0 Å². The van der Waals surface area contributed by atoms with Crippen LogP contribution in [0.15, 0.2) is 11.6 Å². The molecule has 0 aliphatic carbocycles. The number of rotatable bonds is 2. The van der Waals surface area contributed by atoms with Crippen LogP contribution in [0.25, 0.3) is 0 Å². The molecule has 0 unspecified atom stereocenters. The minimum atomic E-state index is -0.202. The lowest BCUT2D eigenvalue weighted by Crippen LogP contribution is -2.36. The molecule has 13 heavy (non-hydrogen) atoms. The van der Waals surface area contributed by atoms with Crippen molar-refractivity contribution in [1.82, 2.24) is 0 Å². The van der Waals surface area contributed by atoms with Gasteiger partial charge in [0, 0.05) is 11.3 Å². The Morgan fingerprint density at radius 1 is 1.46 bits per heavy atom. The van der Waals surface area contributed by atoms with Gasteiger partial charge in [0.1, 0.15) is 0 Å². The fraction of sp³-hybridized carbons (Fsp3) is 0.800. The number of ether oxygens (including phenoxy) is 2. The van der Waals surface area contributed by atoms with Crippen molar-refractivity contribution in [2.24, 2.45) is 5.41 Å². The van der Waals surface area contributed by atoms with E-state index in [1.54, 1.807) is 0 Å². The molecule has 0 N–H and O–H groups in total. The minimum absolute atomic E-state index is 0.138. The molecule has 0 amide bonds. The maximum Gasteiger partial charge on any atom is 0.177 e. The van der Waals surface area contributed by atoms with E-state index in [1.165, 1.54) is 0 Å². The molecule has 0 radical (unpaired) electrons. The van der Waals surface area contributed by atoms with Crippen LogP contribution in [0.4, 0.5) is 0 Å². The smallest absolute Gasteiger partial charge is 0.177 e. The van der Waals surface area contributed by atoms with E-state index in [4.69, 9.17) is 21.1 Å². The van der Waals surface area contributed by atoms with Gasteiger partial charge in [0.05, 0.1) is 13.2 Å². The predicted molar refractivity (Wildman–Crippen MR) is 54.0 cm³/mol. The Labute approximate surface area is 84.9 Å². The summed E-state index contributed by atoms with van der Waals surface area (Å²) in [4.78, 5) is 0. The van der Waals surface area contributed by atoms with Gasteiger partial charge < -0.3 is 9.47 Å². The zero-order valence-electron chi connectivity index (χ0n) is 8.47. The van der Waals surface area contributed by atoms with Crippen molar-refractivity contribution < 1.29 is 9.47 Å². The zero-order valence-corrected chi connectivity index (χ0v) is 9.23. The molecule has 0 aromatic rings. The molecule has 0 aromatic heterocycles. The molecule has 1 aliphatic rings. The van der Waals surface area contributed by atoms with Gasteiger partial charge in [0.2, 0.25) is 0 Å². The monoisotopic (exact) mass is 204 g/mol. The number of hydrogen-bond donors (Lipinski definition) is 0. The van der Waals surface area contributed by atoms with Gasteiger partial charge in [0.15, 0.2) is 6.29 Å². The summed E-state index contributed by atoms with van der Waals surface area (Å²) >= 11 is 5.65. The summed E-state index contributed by atoms with van der Waals surface area (Å²) in [5.41, 5.74) is 1.23. The van der Waals surface area contributed by atoms with Crippen molar-refractivity contribution in [1.29, 1.82) is 0 Å². The second-order valence-corrected chi connectivity index (χ2v) is 4.57. The number of alkyl halides is 1. The van der Waals surface area contributed by atoms with Crippen molar-refractivity contribution in [3.8, 4) is 0 Å². The first-order chi connectivity index (χ1) is 6.03. The summed E-state index contributed by atoms with van der Waals surface area (Å²) < 4.78 is 11.0. The fourth-order valence-corrected chi connectivity index (χ4v) is 1.17. The summed E-state index contributed by atoms with van der Waals surface area (Å²) in [6.07, 6.45) is 1.73. The van der Waals surface area contributed by atoms with Crippen molar-refractivity contribution in [2.45, 2.75) is 27.1 Å². The van der Waals surface area contributed by atoms with Crippen molar-refractivity contribution >= 4 is 11.6 Å². The summed E-state index contributed by atoms with van der Waals surface area (Å²) in [5, 5.41) is 0. The first-order valence-corrected chi connectivity index (χ1v) is 5.03. The summed E-state index contributed by atoms with van der Waals surface area (Å²) in [7, 11) is 0. The highest BCUT2D eigenvalue weighted by molar-refractivity contribution is 6.19. The molecule has 0 aromatic carbocycles. The van der Waals surface area contributed by atoms with E-state index in [9.17, 15) is 0 Å². The molecule has 1 aliphatic heterocycles. The largest absolute Gasteiger partial charge is 0.348 e. The lowest BCUT2D eigenvalue weighted by molar-refractivity contribution is -0.197. The Bertz CT molecular complexity index is 189. The van der Waals surface area contributed by atoms with Gasteiger partial charge in [-0.05, 0) is 13.0 Å². The van der Waals surface area contributed by atoms with E-state index in [0.29, 0.717) is 5.88 Å². The molecule has 1 saturated heterocycles. The quantitative estimate of drug-likeness (QED) is 0.509. The van der Waals surface area contributed by atoms with Gasteiger partial charge in [-0.15, -0.1) is 11.6 Å². The Balaban J connectivity index is 2.42. The SMILES string of the molecule is CC(=CC1OCC(C)(C)CO1)CCl. The lowest BCUT2D eigenvalue weighted by atomic mass is 9.95.